The van der Waals surface area contributed by atoms with Crippen LogP contribution in [0.25, 0.3) is 0 Å². The first-order valence-corrected chi connectivity index (χ1v) is 8.74. The highest BCUT2D eigenvalue weighted by Crippen LogP contribution is 2.21. The lowest BCUT2D eigenvalue weighted by Crippen LogP contribution is -2.50. The maximum atomic E-state index is 12.5. The van der Waals surface area contributed by atoms with E-state index in [-0.39, 0.29) is 32.9 Å². The minimum atomic E-state index is -0.280. The summed E-state index contributed by atoms with van der Waals surface area (Å²) < 4.78 is 0.182. The molecule has 0 radical (unpaired) electrons. The Balaban J connectivity index is 3.06. The van der Waals surface area contributed by atoms with Gasteiger partial charge < -0.3 is 10.2 Å². The molecule has 1 aromatic carbocycles. The van der Waals surface area contributed by atoms with Gasteiger partial charge in [0.2, 0.25) is 0 Å². The van der Waals surface area contributed by atoms with Crippen molar-refractivity contribution in [3.63, 3.8) is 0 Å². The van der Waals surface area contributed by atoms with E-state index in [1.54, 1.807) is 7.05 Å². The second-order valence-electron chi connectivity index (χ2n) is 5.73. The van der Waals surface area contributed by atoms with Crippen LogP contribution in [0.4, 0.5) is 5.69 Å². The van der Waals surface area contributed by atoms with Crippen LogP contribution in [-0.2, 0) is 0 Å². The van der Waals surface area contributed by atoms with Gasteiger partial charge in [0.05, 0.1) is 20.0 Å². The van der Waals surface area contributed by atoms with Gasteiger partial charge in [-0.05, 0) is 13.8 Å². The van der Waals surface area contributed by atoms with Crippen molar-refractivity contribution in [3.8, 4) is 0 Å². The molecule has 7 heteroatoms. The van der Waals surface area contributed by atoms with Crippen molar-refractivity contribution in [3.05, 3.63) is 30.3 Å². The van der Waals surface area contributed by atoms with Crippen molar-refractivity contribution in [2.75, 3.05) is 39.1 Å². The molecular weight excluding hydrogens is 360 g/mol. The predicted molar refractivity (Wildman–Crippen MR) is 95.0 cm³/mol. The zero-order valence-electron chi connectivity index (χ0n) is 14.2. The summed E-state index contributed by atoms with van der Waals surface area (Å²) in [5, 5.41) is 32.6. The third-order valence-corrected chi connectivity index (χ3v) is 4.36. The molecule has 0 saturated carbocycles. The maximum Gasteiger partial charge on any atom is 0.158 e. The van der Waals surface area contributed by atoms with Gasteiger partial charge in [0.25, 0.3) is 0 Å². The second kappa shape index (κ2) is 8.42. The molecule has 0 amide bonds. The minimum absolute atomic E-state index is 0.00523. The Labute approximate surface area is 146 Å². The summed E-state index contributed by atoms with van der Waals surface area (Å²) in [6, 6.07) is 9.69. The van der Waals surface area contributed by atoms with Crippen LogP contribution < -0.4 is 14.8 Å². The van der Waals surface area contributed by atoms with E-state index >= 15 is 0 Å². The van der Waals surface area contributed by atoms with Gasteiger partial charge in [-0.25, -0.2) is 0 Å². The minimum Gasteiger partial charge on any atom is -0.858 e. The molecule has 0 bridgehead atoms. The average molecular weight is 385 g/mol. The first kappa shape index (κ1) is 19.6. The fraction of sp³-hybridized carbons (Fsp3) is 0.500. The molecule has 1 aromatic rings. The van der Waals surface area contributed by atoms with Crippen LogP contribution in [0.1, 0.15) is 13.8 Å². The van der Waals surface area contributed by atoms with Crippen LogP contribution in [0, 0.1) is 0 Å². The van der Waals surface area contributed by atoms with Gasteiger partial charge in [-0.2, -0.15) is 9.18 Å². The molecule has 6 nitrogen and oxygen atoms in total. The van der Waals surface area contributed by atoms with Gasteiger partial charge >= 0.3 is 0 Å². The third-order valence-electron chi connectivity index (χ3n) is 3.88. The van der Waals surface area contributed by atoms with E-state index in [1.807, 2.05) is 51.2 Å². The fourth-order valence-electron chi connectivity index (χ4n) is 2.14. The van der Waals surface area contributed by atoms with Gasteiger partial charge in [0.1, 0.15) is 19.6 Å². The van der Waals surface area contributed by atoms with Gasteiger partial charge in [-0.3, -0.25) is 0 Å². The largest absolute Gasteiger partial charge is 0.858 e. The Morgan fingerprint density at radius 1 is 1.00 bits per heavy atom. The lowest BCUT2D eigenvalue weighted by Gasteiger charge is -2.32. The van der Waals surface area contributed by atoms with Crippen molar-refractivity contribution >= 4 is 33.4 Å². The summed E-state index contributed by atoms with van der Waals surface area (Å²) >= 11 is 3.09. The molecule has 0 aliphatic heterocycles. The van der Waals surface area contributed by atoms with Crippen LogP contribution in [-0.4, -0.2) is 55.4 Å². The number of hydrogen-bond donors (Lipinski definition) is 0. The van der Waals surface area contributed by atoms with Crippen molar-refractivity contribution in [2.24, 2.45) is 10.2 Å². The van der Waals surface area contributed by atoms with Crippen LogP contribution >= 0.6 is 15.9 Å². The number of halogens is 1. The maximum absolute atomic E-state index is 12.5. The number of quaternary nitrogens is 2. The standard InChI is InChI=1S/C16H25BrN4O2/c1-5-20(3,18-15(22)12-17)13-16(23)19-21(4,6-2)14-10-8-7-9-11-14/h7-11H,5-6,12-13H2,1-4H3/t20?,21-/m0/s1. The fourth-order valence-corrected chi connectivity index (χ4v) is 2.26. The molecule has 2 atom stereocenters. The molecule has 0 aliphatic rings. The van der Waals surface area contributed by atoms with E-state index in [0.717, 1.165) is 5.69 Å². The highest BCUT2D eigenvalue weighted by Gasteiger charge is 2.25. The summed E-state index contributed by atoms with van der Waals surface area (Å²) in [6.45, 7) is 5.14. The summed E-state index contributed by atoms with van der Waals surface area (Å²) in [4.78, 5) is 0. The Kier molecular flexibility index (Phi) is 7.18. The molecule has 23 heavy (non-hydrogen) atoms. The van der Waals surface area contributed by atoms with Crippen LogP contribution in [0.15, 0.2) is 40.5 Å². The lowest BCUT2D eigenvalue weighted by molar-refractivity contribution is -0.909. The highest BCUT2D eigenvalue weighted by atomic mass is 79.9. The Bertz CT molecular complexity index is 564. The van der Waals surface area contributed by atoms with Crippen molar-refractivity contribution in [1.29, 1.82) is 0 Å². The number of para-hydroxylation sites is 1. The van der Waals surface area contributed by atoms with Crippen molar-refractivity contribution in [1.82, 2.24) is 4.59 Å². The molecule has 0 N–H and O–H groups in total. The van der Waals surface area contributed by atoms with Crippen molar-refractivity contribution < 1.29 is 14.8 Å². The Morgan fingerprint density at radius 2 is 1.61 bits per heavy atom. The Hall–Kier alpha value is -1.44. The number of hydrogen-bond acceptors (Lipinski definition) is 4. The number of benzene rings is 1. The van der Waals surface area contributed by atoms with Gasteiger partial charge in [-0.1, -0.05) is 39.2 Å². The number of nitrogens with zero attached hydrogens (tertiary/aromatic N) is 4. The van der Waals surface area contributed by atoms with E-state index in [9.17, 15) is 10.2 Å². The van der Waals surface area contributed by atoms with E-state index in [0.29, 0.717) is 13.1 Å². The molecule has 0 fully saturated rings. The number of likely N-dealkylation sites (N-methyl/N-ethyl adjacent to an activating group) is 1. The molecule has 1 unspecified atom stereocenters. The first-order valence-electron chi connectivity index (χ1n) is 7.62. The first-order chi connectivity index (χ1) is 10.8. The normalized spacial score (nSPS) is 18.3. The summed E-state index contributed by atoms with van der Waals surface area (Å²) in [6.07, 6.45) is 0. The number of rotatable bonds is 8. The molecule has 128 valence electrons. The van der Waals surface area contributed by atoms with E-state index in [4.69, 9.17) is 0 Å². The molecule has 0 saturated heterocycles. The smallest absolute Gasteiger partial charge is 0.158 e. The molecule has 0 heterocycles. The van der Waals surface area contributed by atoms with E-state index < -0.39 is 0 Å². The quantitative estimate of drug-likeness (QED) is 0.219. The topological polar surface area (TPSA) is 70.8 Å². The SMILES string of the molecule is CC[N+](C)(C/C([O-])=N/[N@@+](C)(CC)c1ccccc1)/N=C(\[O-])CBr. The highest BCUT2D eigenvalue weighted by molar-refractivity contribution is 9.09. The van der Waals surface area contributed by atoms with E-state index in [2.05, 4.69) is 26.1 Å². The lowest BCUT2D eigenvalue weighted by atomic mass is 10.3. The molecule has 1 rings (SSSR count). The number of alkyl halides is 1. The van der Waals surface area contributed by atoms with Gasteiger partial charge in [-0.15, -0.1) is 5.10 Å². The molecular formula is C16H25BrN4O2. The van der Waals surface area contributed by atoms with Crippen molar-refractivity contribution in [2.45, 2.75) is 13.8 Å². The molecule has 0 aliphatic carbocycles. The summed E-state index contributed by atoms with van der Waals surface area (Å²) in [5.74, 6) is -0.549. The van der Waals surface area contributed by atoms with Gasteiger partial charge in [0, 0.05) is 23.4 Å². The summed E-state index contributed by atoms with van der Waals surface area (Å²) in [5.41, 5.74) is 0.947. The van der Waals surface area contributed by atoms with E-state index in [1.165, 1.54) is 0 Å². The summed E-state index contributed by atoms with van der Waals surface area (Å²) in [7, 11) is 3.65. The van der Waals surface area contributed by atoms with Gasteiger partial charge in [0.15, 0.2) is 5.69 Å². The predicted octanol–water partition coefficient (Wildman–Crippen LogP) is 0.853. The Morgan fingerprint density at radius 3 is 2.09 bits per heavy atom. The van der Waals surface area contributed by atoms with Crippen LogP contribution in [0.2, 0.25) is 0 Å². The monoisotopic (exact) mass is 384 g/mol. The molecule has 0 spiro atoms. The zero-order chi connectivity index (χ0) is 17.5. The second-order valence-corrected chi connectivity index (χ2v) is 6.29. The van der Waals surface area contributed by atoms with Crippen LogP contribution in [0.5, 0.6) is 0 Å². The van der Waals surface area contributed by atoms with Crippen LogP contribution in [0.3, 0.4) is 0 Å². The zero-order valence-corrected chi connectivity index (χ0v) is 15.8. The third kappa shape index (κ3) is 5.60. The average Bonchev–Trinajstić information content (AvgIpc) is 2.55. The molecule has 0 aromatic heterocycles.